The molecule has 1 heterocycles. The number of hydrogen-bond acceptors (Lipinski definition) is 2. The number of nitrogens with one attached hydrogen (secondary N) is 1. The maximum absolute atomic E-state index is 12.2. The minimum atomic E-state index is 0.0620. The summed E-state index contributed by atoms with van der Waals surface area (Å²) in [5.41, 5.74) is 2.54. The van der Waals surface area contributed by atoms with Crippen molar-refractivity contribution >= 4 is 17.2 Å². The summed E-state index contributed by atoms with van der Waals surface area (Å²) in [7, 11) is 0. The van der Waals surface area contributed by atoms with Gasteiger partial charge < -0.3 is 5.32 Å². The van der Waals surface area contributed by atoms with Gasteiger partial charge in [0.05, 0.1) is 4.88 Å². The summed E-state index contributed by atoms with van der Waals surface area (Å²) in [5.74, 6) is 0.0620. The first kappa shape index (κ1) is 13.4. The van der Waals surface area contributed by atoms with E-state index in [4.69, 9.17) is 0 Å². The van der Waals surface area contributed by atoms with Crippen LogP contribution in [0.2, 0.25) is 0 Å². The molecule has 0 aliphatic heterocycles. The maximum Gasteiger partial charge on any atom is 0.261 e. The fourth-order valence-electron chi connectivity index (χ4n) is 2.64. The number of fused-ring (bicyclic) bond motifs is 1. The second-order valence-corrected chi connectivity index (χ2v) is 6.42. The van der Waals surface area contributed by atoms with Crippen LogP contribution in [-0.2, 0) is 19.4 Å². The van der Waals surface area contributed by atoms with Gasteiger partial charge in [0.2, 0.25) is 0 Å². The maximum atomic E-state index is 12.2. The number of thiophene rings is 1. The number of hydrogen-bond donors (Lipinski definition) is 1. The summed E-state index contributed by atoms with van der Waals surface area (Å²) in [5, 5.41) is 3.01. The topological polar surface area (TPSA) is 29.1 Å². The molecule has 1 aliphatic rings. The van der Waals surface area contributed by atoms with Gasteiger partial charge in [0.1, 0.15) is 0 Å². The second kappa shape index (κ2) is 6.23. The minimum absolute atomic E-state index is 0.0620. The monoisotopic (exact) mass is 285 g/mol. The molecule has 1 amide bonds. The predicted molar refractivity (Wildman–Crippen MR) is 83.2 cm³/mol. The van der Waals surface area contributed by atoms with Crippen molar-refractivity contribution in [1.29, 1.82) is 0 Å². The third-order valence-corrected chi connectivity index (χ3v) is 5.00. The van der Waals surface area contributed by atoms with Crippen LogP contribution in [-0.4, -0.2) is 5.91 Å². The van der Waals surface area contributed by atoms with E-state index in [0.29, 0.717) is 6.54 Å². The van der Waals surface area contributed by atoms with E-state index in [1.54, 1.807) is 11.3 Å². The lowest BCUT2D eigenvalue weighted by Gasteiger charge is -2.03. The second-order valence-electron chi connectivity index (χ2n) is 5.29. The van der Waals surface area contributed by atoms with Gasteiger partial charge in [-0.25, -0.2) is 0 Å². The van der Waals surface area contributed by atoms with Crippen molar-refractivity contribution in [2.75, 3.05) is 0 Å². The van der Waals surface area contributed by atoms with Crippen molar-refractivity contribution in [2.24, 2.45) is 0 Å². The van der Waals surface area contributed by atoms with Gasteiger partial charge in [-0.05, 0) is 42.9 Å². The molecule has 1 aromatic carbocycles. The lowest BCUT2D eigenvalue weighted by Crippen LogP contribution is -2.21. The van der Waals surface area contributed by atoms with E-state index in [2.05, 4.69) is 11.4 Å². The molecule has 0 radical (unpaired) electrons. The first-order valence-electron chi connectivity index (χ1n) is 7.26. The Bertz CT molecular complexity index is 565. The quantitative estimate of drug-likeness (QED) is 0.850. The van der Waals surface area contributed by atoms with E-state index < -0.39 is 0 Å². The average Bonchev–Trinajstić information content (AvgIpc) is 2.77. The Morgan fingerprint density at radius 1 is 1.10 bits per heavy atom. The molecule has 0 spiro atoms. The fourth-order valence-corrected chi connectivity index (χ4v) is 3.81. The van der Waals surface area contributed by atoms with Crippen molar-refractivity contribution in [3.8, 4) is 0 Å². The van der Waals surface area contributed by atoms with E-state index in [0.717, 1.165) is 23.3 Å². The lowest BCUT2D eigenvalue weighted by atomic mass is 10.1. The summed E-state index contributed by atoms with van der Waals surface area (Å²) in [4.78, 5) is 14.5. The van der Waals surface area contributed by atoms with E-state index in [1.807, 2.05) is 30.3 Å². The van der Waals surface area contributed by atoms with Crippen molar-refractivity contribution in [2.45, 2.75) is 38.6 Å². The molecule has 2 nitrogen and oxygen atoms in total. The Labute approximate surface area is 123 Å². The third-order valence-electron chi connectivity index (χ3n) is 3.77. The summed E-state index contributed by atoms with van der Waals surface area (Å²) in [6.45, 7) is 0.599. The fraction of sp³-hybridized carbons (Fsp3) is 0.353. The van der Waals surface area contributed by atoms with Crippen LogP contribution in [0.25, 0.3) is 0 Å². The highest BCUT2D eigenvalue weighted by atomic mass is 32.1. The molecule has 3 heteroatoms. The molecule has 0 atom stereocenters. The molecular formula is C17H19NOS. The van der Waals surface area contributed by atoms with Gasteiger partial charge in [-0.15, -0.1) is 11.3 Å². The van der Waals surface area contributed by atoms with Gasteiger partial charge in [-0.1, -0.05) is 36.8 Å². The number of aryl methyl sites for hydroxylation is 2. The Morgan fingerprint density at radius 3 is 2.75 bits per heavy atom. The number of amides is 1. The van der Waals surface area contributed by atoms with Gasteiger partial charge in [-0.2, -0.15) is 0 Å². The number of carbonyl (C=O) groups is 1. The summed E-state index contributed by atoms with van der Waals surface area (Å²) in [6, 6.07) is 12.1. The van der Waals surface area contributed by atoms with E-state index in [-0.39, 0.29) is 5.91 Å². The molecule has 1 N–H and O–H groups in total. The van der Waals surface area contributed by atoms with Crippen molar-refractivity contribution in [3.05, 3.63) is 57.3 Å². The van der Waals surface area contributed by atoms with Crippen molar-refractivity contribution in [1.82, 2.24) is 5.32 Å². The Kier molecular flexibility index (Phi) is 4.16. The average molecular weight is 285 g/mol. The molecule has 0 fully saturated rings. The van der Waals surface area contributed by atoms with Crippen LogP contribution in [0.5, 0.6) is 0 Å². The zero-order valence-corrected chi connectivity index (χ0v) is 12.3. The number of benzene rings is 1. The number of carbonyl (C=O) groups excluding carboxylic acids is 1. The van der Waals surface area contributed by atoms with Gasteiger partial charge in [-0.3, -0.25) is 4.79 Å². The van der Waals surface area contributed by atoms with E-state index in [1.165, 1.54) is 29.7 Å². The van der Waals surface area contributed by atoms with Crippen LogP contribution in [0, 0.1) is 0 Å². The largest absolute Gasteiger partial charge is 0.347 e. The highest BCUT2D eigenvalue weighted by Gasteiger charge is 2.16. The van der Waals surface area contributed by atoms with Gasteiger partial charge >= 0.3 is 0 Å². The van der Waals surface area contributed by atoms with Crippen LogP contribution in [0.15, 0.2) is 36.4 Å². The van der Waals surface area contributed by atoms with Crippen LogP contribution in [0.3, 0.4) is 0 Å². The first-order chi connectivity index (χ1) is 9.83. The Morgan fingerprint density at radius 2 is 1.90 bits per heavy atom. The van der Waals surface area contributed by atoms with Crippen LogP contribution in [0.4, 0.5) is 0 Å². The molecule has 1 aliphatic carbocycles. The summed E-state index contributed by atoms with van der Waals surface area (Å²) in [6.07, 6.45) is 6.12. The molecule has 3 rings (SSSR count). The van der Waals surface area contributed by atoms with Crippen LogP contribution in [0.1, 0.15) is 44.9 Å². The zero-order chi connectivity index (χ0) is 13.8. The predicted octanol–water partition coefficient (Wildman–Crippen LogP) is 3.95. The molecule has 20 heavy (non-hydrogen) atoms. The van der Waals surface area contributed by atoms with E-state index in [9.17, 15) is 4.79 Å². The van der Waals surface area contributed by atoms with Crippen LogP contribution < -0.4 is 5.32 Å². The molecule has 0 unspecified atom stereocenters. The zero-order valence-electron chi connectivity index (χ0n) is 11.5. The number of rotatable bonds is 3. The van der Waals surface area contributed by atoms with Crippen molar-refractivity contribution < 1.29 is 4.79 Å². The van der Waals surface area contributed by atoms with Gasteiger partial charge in [0, 0.05) is 11.4 Å². The third kappa shape index (κ3) is 3.10. The highest BCUT2D eigenvalue weighted by molar-refractivity contribution is 7.14. The van der Waals surface area contributed by atoms with Gasteiger partial charge in [0.25, 0.3) is 5.91 Å². The normalized spacial score (nSPS) is 14.4. The van der Waals surface area contributed by atoms with Crippen molar-refractivity contribution in [3.63, 3.8) is 0 Å². The summed E-state index contributed by atoms with van der Waals surface area (Å²) >= 11 is 1.68. The molecule has 104 valence electrons. The highest BCUT2D eigenvalue weighted by Crippen LogP contribution is 2.28. The molecule has 2 aromatic rings. The smallest absolute Gasteiger partial charge is 0.261 e. The van der Waals surface area contributed by atoms with Crippen LogP contribution >= 0.6 is 11.3 Å². The molecule has 0 saturated heterocycles. The molecule has 0 saturated carbocycles. The lowest BCUT2D eigenvalue weighted by molar-refractivity contribution is 0.0955. The SMILES string of the molecule is O=C(NCc1ccccc1)c1cc2c(s1)CCCCC2. The van der Waals surface area contributed by atoms with Gasteiger partial charge in [0.15, 0.2) is 0 Å². The van der Waals surface area contributed by atoms with E-state index >= 15 is 0 Å². The molecule has 0 bridgehead atoms. The first-order valence-corrected chi connectivity index (χ1v) is 8.08. The minimum Gasteiger partial charge on any atom is -0.347 e. The summed E-state index contributed by atoms with van der Waals surface area (Å²) < 4.78 is 0. The Hall–Kier alpha value is -1.61. The standard InChI is InChI=1S/C17H19NOS/c19-17(18-12-13-7-3-1-4-8-13)16-11-14-9-5-2-6-10-15(14)20-16/h1,3-4,7-8,11H,2,5-6,9-10,12H2,(H,18,19). The Balaban J connectivity index is 1.65. The molecular weight excluding hydrogens is 266 g/mol. The molecule has 1 aromatic heterocycles.